The summed E-state index contributed by atoms with van der Waals surface area (Å²) in [6.07, 6.45) is 3.48. The lowest BCUT2D eigenvalue weighted by atomic mass is 9.89. The van der Waals surface area contributed by atoms with Crippen molar-refractivity contribution in [1.29, 1.82) is 5.26 Å². The van der Waals surface area contributed by atoms with E-state index in [9.17, 15) is 10.1 Å². The number of hydrogen-bond acceptors (Lipinski definition) is 4. The SMILES string of the molecule is C[C@H]1CCc2c(sc(NC(=O)CCSc3ccc(Cl)cc3)c2C#N)C1. The molecule has 130 valence electrons. The highest BCUT2D eigenvalue weighted by Crippen LogP contribution is 2.39. The van der Waals surface area contributed by atoms with Crippen LogP contribution in [0.25, 0.3) is 0 Å². The second kappa shape index (κ2) is 8.27. The van der Waals surface area contributed by atoms with Crippen LogP contribution < -0.4 is 5.32 Å². The van der Waals surface area contributed by atoms with Gasteiger partial charge in [-0.25, -0.2) is 0 Å². The summed E-state index contributed by atoms with van der Waals surface area (Å²) in [6.45, 7) is 2.24. The average Bonchev–Trinajstić information content (AvgIpc) is 2.92. The highest BCUT2D eigenvalue weighted by molar-refractivity contribution is 7.99. The maximum absolute atomic E-state index is 12.3. The molecule has 0 fully saturated rings. The molecule has 1 amide bonds. The summed E-state index contributed by atoms with van der Waals surface area (Å²) in [6, 6.07) is 9.89. The third-order valence-corrected chi connectivity index (χ3v) is 6.72. The van der Waals surface area contributed by atoms with E-state index in [1.165, 1.54) is 4.88 Å². The van der Waals surface area contributed by atoms with Crippen LogP contribution in [0.1, 0.15) is 35.8 Å². The number of carbonyl (C=O) groups excluding carboxylic acids is 1. The number of nitriles is 1. The predicted molar refractivity (Wildman–Crippen MR) is 106 cm³/mol. The molecule has 1 aliphatic carbocycles. The maximum Gasteiger partial charge on any atom is 0.225 e. The Labute approximate surface area is 161 Å². The normalized spacial score (nSPS) is 16.1. The zero-order valence-electron chi connectivity index (χ0n) is 14.0. The first-order valence-electron chi connectivity index (χ1n) is 8.29. The van der Waals surface area contributed by atoms with Gasteiger partial charge in [-0.15, -0.1) is 23.1 Å². The highest BCUT2D eigenvalue weighted by Gasteiger charge is 2.24. The molecule has 3 nitrogen and oxygen atoms in total. The molecule has 0 unspecified atom stereocenters. The molecule has 2 aromatic rings. The van der Waals surface area contributed by atoms with Crippen molar-refractivity contribution >= 4 is 45.6 Å². The second-order valence-electron chi connectivity index (χ2n) is 6.27. The average molecular weight is 391 g/mol. The van der Waals surface area contributed by atoms with Crippen LogP contribution in [0.3, 0.4) is 0 Å². The Morgan fingerprint density at radius 1 is 1.44 bits per heavy atom. The van der Waals surface area contributed by atoms with E-state index in [0.29, 0.717) is 28.7 Å². The van der Waals surface area contributed by atoms with Crippen LogP contribution in [0.5, 0.6) is 0 Å². The molecule has 1 N–H and O–H groups in total. The van der Waals surface area contributed by atoms with E-state index in [4.69, 9.17) is 11.6 Å². The zero-order valence-corrected chi connectivity index (χ0v) is 16.4. The van der Waals surface area contributed by atoms with Gasteiger partial charge in [0.2, 0.25) is 5.91 Å². The second-order valence-corrected chi connectivity index (χ2v) is 8.98. The molecule has 1 aliphatic rings. The first-order chi connectivity index (χ1) is 12.1. The summed E-state index contributed by atoms with van der Waals surface area (Å²) < 4.78 is 0. The lowest BCUT2D eigenvalue weighted by molar-refractivity contribution is -0.115. The minimum Gasteiger partial charge on any atom is -0.317 e. The lowest BCUT2D eigenvalue weighted by Gasteiger charge is -2.17. The first kappa shape index (κ1) is 18.3. The molecule has 0 radical (unpaired) electrons. The summed E-state index contributed by atoms with van der Waals surface area (Å²) in [4.78, 5) is 14.6. The predicted octanol–water partition coefficient (Wildman–Crippen LogP) is 5.52. The van der Waals surface area contributed by atoms with Gasteiger partial charge in [0, 0.05) is 27.0 Å². The lowest BCUT2D eigenvalue weighted by Crippen LogP contribution is -2.12. The Morgan fingerprint density at radius 2 is 2.20 bits per heavy atom. The Hall–Kier alpha value is -1.48. The van der Waals surface area contributed by atoms with E-state index in [1.54, 1.807) is 23.1 Å². The van der Waals surface area contributed by atoms with Crippen molar-refractivity contribution in [3.63, 3.8) is 0 Å². The molecule has 1 heterocycles. The van der Waals surface area contributed by atoms with Crippen LogP contribution in [-0.2, 0) is 17.6 Å². The minimum atomic E-state index is -0.0374. The quantitative estimate of drug-likeness (QED) is 0.684. The summed E-state index contributed by atoms with van der Waals surface area (Å²) >= 11 is 9.07. The third kappa shape index (κ3) is 4.58. The van der Waals surface area contributed by atoms with Crippen molar-refractivity contribution in [3.8, 4) is 6.07 Å². The molecule has 0 saturated heterocycles. The number of rotatable bonds is 5. The van der Waals surface area contributed by atoms with Crippen molar-refractivity contribution in [2.45, 2.75) is 37.5 Å². The number of nitrogens with zero attached hydrogens (tertiary/aromatic N) is 1. The van der Waals surface area contributed by atoms with Gasteiger partial charge < -0.3 is 5.32 Å². The van der Waals surface area contributed by atoms with E-state index in [1.807, 2.05) is 24.3 Å². The van der Waals surface area contributed by atoms with Crippen molar-refractivity contribution in [1.82, 2.24) is 0 Å². The molecular formula is C19H19ClN2OS2. The van der Waals surface area contributed by atoms with Crippen molar-refractivity contribution < 1.29 is 4.79 Å². The Bertz CT molecular complexity index is 808. The third-order valence-electron chi connectivity index (χ3n) is 4.29. The summed E-state index contributed by atoms with van der Waals surface area (Å²) in [5.74, 6) is 1.30. The Morgan fingerprint density at radius 3 is 2.92 bits per heavy atom. The number of nitrogens with one attached hydrogen (secondary N) is 1. The topological polar surface area (TPSA) is 52.9 Å². The molecular weight excluding hydrogens is 372 g/mol. The summed E-state index contributed by atoms with van der Waals surface area (Å²) in [5, 5.41) is 13.9. The molecule has 1 atom stereocenters. The van der Waals surface area contributed by atoms with Crippen LogP contribution in [-0.4, -0.2) is 11.7 Å². The van der Waals surface area contributed by atoms with E-state index < -0.39 is 0 Å². The number of amides is 1. The molecule has 6 heteroatoms. The molecule has 0 bridgehead atoms. The van der Waals surface area contributed by atoms with Gasteiger partial charge in [0.05, 0.1) is 5.56 Å². The highest BCUT2D eigenvalue weighted by atomic mass is 35.5. The number of hydrogen-bond donors (Lipinski definition) is 1. The molecule has 0 spiro atoms. The van der Waals surface area contributed by atoms with Crippen LogP contribution in [0.15, 0.2) is 29.2 Å². The van der Waals surface area contributed by atoms with Gasteiger partial charge in [0.15, 0.2) is 0 Å². The van der Waals surface area contributed by atoms with Crippen LogP contribution in [0.2, 0.25) is 5.02 Å². The van der Waals surface area contributed by atoms with Crippen LogP contribution in [0.4, 0.5) is 5.00 Å². The smallest absolute Gasteiger partial charge is 0.225 e. The van der Waals surface area contributed by atoms with E-state index in [-0.39, 0.29) is 5.91 Å². The Kier molecular flexibility index (Phi) is 6.06. The number of thiophene rings is 1. The zero-order chi connectivity index (χ0) is 17.8. The number of benzene rings is 1. The van der Waals surface area contributed by atoms with Gasteiger partial charge in [-0.3, -0.25) is 4.79 Å². The fourth-order valence-electron chi connectivity index (χ4n) is 2.94. The number of anilines is 1. The van der Waals surface area contributed by atoms with Crippen LogP contribution in [0, 0.1) is 17.2 Å². The molecule has 25 heavy (non-hydrogen) atoms. The fraction of sp³-hybridized carbons (Fsp3) is 0.368. The summed E-state index contributed by atoms with van der Waals surface area (Å²) in [5.41, 5.74) is 1.82. The fourth-order valence-corrected chi connectivity index (χ4v) is 5.29. The Balaban J connectivity index is 1.58. The van der Waals surface area contributed by atoms with Gasteiger partial charge >= 0.3 is 0 Å². The maximum atomic E-state index is 12.3. The first-order valence-corrected chi connectivity index (χ1v) is 10.5. The standard InChI is InChI=1S/C19H19ClN2OS2/c1-12-2-7-15-16(11-21)19(25-17(15)10-12)22-18(23)8-9-24-14-5-3-13(20)4-6-14/h3-6,12H,2,7-10H2,1H3,(H,22,23)/t12-/m0/s1. The number of carbonyl (C=O) groups is 1. The molecule has 1 aromatic carbocycles. The van der Waals surface area contributed by atoms with Gasteiger partial charge in [-0.1, -0.05) is 18.5 Å². The van der Waals surface area contributed by atoms with E-state index in [2.05, 4.69) is 18.3 Å². The summed E-state index contributed by atoms with van der Waals surface area (Å²) in [7, 11) is 0. The molecule has 3 rings (SSSR count). The monoisotopic (exact) mass is 390 g/mol. The molecule has 1 aromatic heterocycles. The van der Waals surface area contributed by atoms with E-state index >= 15 is 0 Å². The van der Waals surface area contributed by atoms with Gasteiger partial charge in [-0.2, -0.15) is 5.26 Å². The minimum absolute atomic E-state index is 0.0374. The number of thioether (sulfide) groups is 1. The van der Waals surface area contributed by atoms with Gasteiger partial charge in [-0.05, 0) is 55.0 Å². The van der Waals surface area contributed by atoms with Crippen molar-refractivity contribution in [2.75, 3.05) is 11.1 Å². The largest absolute Gasteiger partial charge is 0.317 e. The van der Waals surface area contributed by atoms with Gasteiger partial charge in [0.1, 0.15) is 11.1 Å². The van der Waals surface area contributed by atoms with Gasteiger partial charge in [0.25, 0.3) is 0 Å². The van der Waals surface area contributed by atoms with Crippen molar-refractivity contribution in [3.05, 3.63) is 45.3 Å². The molecule has 0 saturated carbocycles. The number of fused-ring (bicyclic) bond motifs is 1. The van der Waals surface area contributed by atoms with E-state index in [0.717, 1.165) is 34.7 Å². The number of halogens is 1. The molecule has 0 aliphatic heterocycles. The van der Waals surface area contributed by atoms with Crippen molar-refractivity contribution in [2.24, 2.45) is 5.92 Å². The van der Waals surface area contributed by atoms with Crippen LogP contribution >= 0.6 is 34.7 Å².